The molecule has 1 aromatic carbocycles. The Morgan fingerprint density at radius 1 is 1.22 bits per heavy atom. The average Bonchev–Trinajstić information content (AvgIpc) is 2.81. The molecule has 1 aromatic heterocycles. The predicted molar refractivity (Wildman–Crippen MR) is 76.9 cm³/mol. The first-order valence-electron chi connectivity index (χ1n) is 6.21. The van der Waals surface area contributed by atoms with Crippen molar-refractivity contribution >= 4 is 11.8 Å². The fourth-order valence-corrected chi connectivity index (χ4v) is 2.55. The highest BCUT2D eigenvalue weighted by Gasteiger charge is 1.98. The van der Waals surface area contributed by atoms with Gasteiger partial charge in [0.25, 0.3) is 0 Å². The second kappa shape index (κ2) is 7.24. The summed E-state index contributed by atoms with van der Waals surface area (Å²) >= 11 is 1.89. The number of aromatic nitrogens is 2. The highest BCUT2D eigenvalue weighted by atomic mass is 32.2. The second-order valence-electron chi connectivity index (χ2n) is 4.12. The zero-order chi connectivity index (χ0) is 12.6. The van der Waals surface area contributed by atoms with Crippen LogP contribution in [-0.4, -0.2) is 28.4 Å². The topological polar surface area (TPSA) is 29.9 Å². The van der Waals surface area contributed by atoms with E-state index in [1.54, 1.807) is 0 Å². The quantitative estimate of drug-likeness (QED) is 0.613. The van der Waals surface area contributed by atoms with Gasteiger partial charge in [0, 0.05) is 49.6 Å². The molecule has 0 bridgehead atoms. The molecule has 0 aliphatic rings. The zero-order valence-electron chi connectivity index (χ0n) is 10.7. The van der Waals surface area contributed by atoms with Crippen molar-refractivity contribution in [3.05, 3.63) is 48.5 Å². The van der Waals surface area contributed by atoms with E-state index in [1.807, 2.05) is 31.2 Å². The summed E-state index contributed by atoms with van der Waals surface area (Å²) in [6.07, 6.45) is 4.82. The molecule has 4 heteroatoms. The smallest absolute Gasteiger partial charge is 0.109 e. The van der Waals surface area contributed by atoms with Crippen LogP contribution < -0.4 is 5.32 Å². The molecule has 1 N–H and O–H groups in total. The van der Waals surface area contributed by atoms with E-state index in [4.69, 9.17) is 0 Å². The van der Waals surface area contributed by atoms with Crippen molar-refractivity contribution in [2.24, 2.45) is 7.05 Å². The Morgan fingerprint density at radius 3 is 2.78 bits per heavy atom. The van der Waals surface area contributed by atoms with Crippen molar-refractivity contribution in [3.8, 4) is 0 Å². The van der Waals surface area contributed by atoms with E-state index in [1.165, 1.54) is 4.90 Å². The Kier molecular flexibility index (Phi) is 5.30. The van der Waals surface area contributed by atoms with Crippen molar-refractivity contribution in [1.29, 1.82) is 0 Å². The summed E-state index contributed by atoms with van der Waals surface area (Å²) in [5.41, 5.74) is 0. The molecular formula is C14H19N3S. The maximum absolute atomic E-state index is 4.30. The molecule has 18 heavy (non-hydrogen) atoms. The molecule has 2 rings (SSSR count). The highest BCUT2D eigenvalue weighted by molar-refractivity contribution is 7.99. The summed E-state index contributed by atoms with van der Waals surface area (Å²) in [4.78, 5) is 5.64. The van der Waals surface area contributed by atoms with Crippen LogP contribution in [0.3, 0.4) is 0 Å². The van der Waals surface area contributed by atoms with Gasteiger partial charge in [0.2, 0.25) is 0 Å². The van der Waals surface area contributed by atoms with Gasteiger partial charge in [-0.15, -0.1) is 11.8 Å². The normalized spacial score (nSPS) is 10.7. The third-order valence-corrected chi connectivity index (χ3v) is 3.75. The SMILES string of the molecule is Cn1ccnc1CCNCCSc1ccccc1. The number of hydrogen-bond donors (Lipinski definition) is 1. The Bertz CT molecular complexity index is 453. The second-order valence-corrected chi connectivity index (χ2v) is 5.28. The fourth-order valence-electron chi connectivity index (χ4n) is 1.72. The van der Waals surface area contributed by atoms with Gasteiger partial charge >= 0.3 is 0 Å². The molecule has 0 unspecified atom stereocenters. The molecular weight excluding hydrogens is 242 g/mol. The Balaban J connectivity index is 1.56. The molecule has 0 amide bonds. The first-order chi connectivity index (χ1) is 8.86. The number of aryl methyl sites for hydroxylation is 1. The molecule has 0 fully saturated rings. The lowest BCUT2D eigenvalue weighted by molar-refractivity contribution is 0.679. The lowest BCUT2D eigenvalue weighted by atomic mass is 10.4. The molecule has 0 saturated heterocycles. The highest BCUT2D eigenvalue weighted by Crippen LogP contribution is 2.15. The van der Waals surface area contributed by atoms with Crippen molar-refractivity contribution in [2.45, 2.75) is 11.3 Å². The van der Waals surface area contributed by atoms with Crippen molar-refractivity contribution in [2.75, 3.05) is 18.8 Å². The van der Waals surface area contributed by atoms with Crippen LogP contribution in [0.1, 0.15) is 5.82 Å². The van der Waals surface area contributed by atoms with Gasteiger partial charge in [0.15, 0.2) is 0 Å². The number of benzene rings is 1. The van der Waals surface area contributed by atoms with Crippen LogP contribution in [-0.2, 0) is 13.5 Å². The maximum Gasteiger partial charge on any atom is 0.109 e. The summed E-state index contributed by atoms with van der Waals surface area (Å²) < 4.78 is 2.07. The van der Waals surface area contributed by atoms with E-state index in [0.29, 0.717) is 0 Å². The maximum atomic E-state index is 4.30. The van der Waals surface area contributed by atoms with Gasteiger partial charge in [-0.3, -0.25) is 0 Å². The first kappa shape index (κ1) is 13.2. The average molecular weight is 261 g/mol. The molecule has 0 aliphatic heterocycles. The van der Waals surface area contributed by atoms with Crippen LogP contribution in [0.2, 0.25) is 0 Å². The summed E-state index contributed by atoms with van der Waals surface area (Å²) in [6, 6.07) is 10.5. The number of imidazole rings is 1. The number of nitrogens with one attached hydrogen (secondary N) is 1. The molecule has 96 valence electrons. The standard InChI is InChI=1S/C14H19N3S/c1-17-11-9-16-14(17)7-8-15-10-12-18-13-5-3-2-4-6-13/h2-6,9,11,15H,7-8,10,12H2,1H3. The minimum absolute atomic E-state index is 0.986. The van der Waals surface area contributed by atoms with E-state index in [0.717, 1.165) is 31.1 Å². The van der Waals surface area contributed by atoms with Crippen molar-refractivity contribution in [3.63, 3.8) is 0 Å². The van der Waals surface area contributed by atoms with Crippen LogP contribution in [0, 0.1) is 0 Å². The van der Waals surface area contributed by atoms with Gasteiger partial charge in [-0.05, 0) is 12.1 Å². The molecule has 0 radical (unpaired) electrons. The molecule has 2 aromatic rings. The molecule has 0 saturated carbocycles. The third kappa shape index (κ3) is 4.20. The van der Waals surface area contributed by atoms with E-state index < -0.39 is 0 Å². The molecule has 1 heterocycles. The van der Waals surface area contributed by atoms with Crippen LogP contribution in [0.15, 0.2) is 47.6 Å². The van der Waals surface area contributed by atoms with Crippen LogP contribution in [0.5, 0.6) is 0 Å². The van der Waals surface area contributed by atoms with Gasteiger partial charge in [0.05, 0.1) is 0 Å². The molecule has 3 nitrogen and oxygen atoms in total. The monoisotopic (exact) mass is 261 g/mol. The minimum Gasteiger partial charge on any atom is -0.338 e. The number of nitrogens with zero attached hydrogens (tertiary/aromatic N) is 2. The van der Waals surface area contributed by atoms with Gasteiger partial charge < -0.3 is 9.88 Å². The fraction of sp³-hybridized carbons (Fsp3) is 0.357. The summed E-state index contributed by atoms with van der Waals surface area (Å²) in [7, 11) is 2.04. The number of rotatable bonds is 7. The molecule has 0 atom stereocenters. The number of hydrogen-bond acceptors (Lipinski definition) is 3. The predicted octanol–water partition coefficient (Wildman–Crippen LogP) is 2.34. The molecule has 0 aliphatic carbocycles. The van der Waals surface area contributed by atoms with Crippen LogP contribution in [0.4, 0.5) is 0 Å². The van der Waals surface area contributed by atoms with E-state index in [-0.39, 0.29) is 0 Å². The lowest BCUT2D eigenvalue weighted by Crippen LogP contribution is -2.21. The Labute approximate surface area is 113 Å². The number of thioether (sulfide) groups is 1. The van der Waals surface area contributed by atoms with Gasteiger partial charge in [-0.25, -0.2) is 4.98 Å². The van der Waals surface area contributed by atoms with E-state index in [2.05, 4.69) is 45.2 Å². The summed E-state index contributed by atoms with van der Waals surface area (Å²) in [5.74, 6) is 2.24. The van der Waals surface area contributed by atoms with Crippen molar-refractivity contribution in [1.82, 2.24) is 14.9 Å². The zero-order valence-corrected chi connectivity index (χ0v) is 11.5. The Hall–Kier alpha value is -1.26. The molecule has 0 spiro atoms. The summed E-state index contributed by atoms with van der Waals surface area (Å²) in [5, 5.41) is 3.45. The summed E-state index contributed by atoms with van der Waals surface area (Å²) in [6.45, 7) is 2.02. The van der Waals surface area contributed by atoms with Gasteiger partial charge in [0.1, 0.15) is 5.82 Å². The van der Waals surface area contributed by atoms with Gasteiger partial charge in [-0.1, -0.05) is 18.2 Å². The van der Waals surface area contributed by atoms with Gasteiger partial charge in [-0.2, -0.15) is 0 Å². The third-order valence-electron chi connectivity index (χ3n) is 2.74. The minimum atomic E-state index is 0.986. The largest absolute Gasteiger partial charge is 0.338 e. The van der Waals surface area contributed by atoms with Crippen LogP contribution >= 0.6 is 11.8 Å². The lowest BCUT2D eigenvalue weighted by Gasteiger charge is -2.05. The van der Waals surface area contributed by atoms with E-state index >= 15 is 0 Å². The Morgan fingerprint density at radius 2 is 2.06 bits per heavy atom. The first-order valence-corrected chi connectivity index (χ1v) is 7.19. The van der Waals surface area contributed by atoms with Crippen LogP contribution in [0.25, 0.3) is 0 Å². The van der Waals surface area contributed by atoms with E-state index in [9.17, 15) is 0 Å². The van der Waals surface area contributed by atoms with Crippen molar-refractivity contribution < 1.29 is 0 Å².